The Bertz CT molecular complexity index is 977. The van der Waals surface area contributed by atoms with Gasteiger partial charge < -0.3 is 10.2 Å². The molecule has 120 valence electrons. The molecular weight excluding hydrogens is 432 g/mol. The van der Waals surface area contributed by atoms with Crippen molar-refractivity contribution in [1.29, 1.82) is 0 Å². The van der Waals surface area contributed by atoms with E-state index >= 15 is 0 Å². The minimum absolute atomic E-state index is 0.546. The van der Waals surface area contributed by atoms with Crippen molar-refractivity contribution in [1.82, 2.24) is 0 Å². The fourth-order valence-electron chi connectivity index (χ4n) is 3.42. The van der Waals surface area contributed by atoms with Crippen molar-refractivity contribution in [2.24, 2.45) is 0 Å². The molecule has 0 saturated carbocycles. The molecule has 24 heavy (non-hydrogen) atoms. The lowest BCUT2D eigenvalue weighted by molar-refractivity contribution is -0.129. The van der Waals surface area contributed by atoms with Crippen LogP contribution in [0.5, 0.6) is 0 Å². The zero-order valence-electron chi connectivity index (χ0n) is 12.6. The van der Waals surface area contributed by atoms with Gasteiger partial charge in [-0.1, -0.05) is 68.3 Å². The lowest BCUT2D eigenvalue weighted by atomic mass is 9.77. The van der Waals surface area contributed by atoms with Gasteiger partial charge in [-0.2, -0.15) is 0 Å². The standard InChI is InChI=1S/C20H14Br2O2/c21-14-4-6-16-12(10-14)2-1-3-18(16)19-17-7-5-15(22)11-13(17)8-9-20(19,23)24/h1-11,19,23-24H. The van der Waals surface area contributed by atoms with Gasteiger partial charge in [0.1, 0.15) is 0 Å². The maximum absolute atomic E-state index is 10.7. The van der Waals surface area contributed by atoms with Gasteiger partial charge in [-0.05, 0) is 57.8 Å². The van der Waals surface area contributed by atoms with Crippen LogP contribution in [0, 0.1) is 0 Å². The summed E-state index contributed by atoms with van der Waals surface area (Å²) in [5.74, 6) is -2.47. The average Bonchev–Trinajstić information content (AvgIpc) is 2.54. The van der Waals surface area contributed by atoms with E-state index in [9.17, 15) is 10.2 Å². The summed E-state index contributed by atoms with van der Waals surface area (Å²) < 4.78 is 1.97. The van der Waals surface area contributed by atoms with E-state index in [2.05, 4.69) is 31.9 Å². The van der Waals surface area contributed by atoms with Crippen molar-refractivity contribution in [3.63, 3.8) is 0 Å². The van der Waals surface area contributed by atoms with Gasteiger partial charge in [0.15, 0.2) is 5.79 Å². The molecule has 0 spiro atoms. The quantitative estimate of drug-likeness (QED) is 0.505. The molecule has 3 aromatic carbocycles. The Labute approximate surface area is 156 Å². The van der Waals surface area contributed by atoms with Crippen molar-refractivity contribution in [2.75, 3.05) is 0 Å². The van der Waals surface area contributed by atoms with Crippen LogP contribution in [-0.2, 0) is 0 Å². The van der Waals surface area contributed by atoms with Gasteiger partial charge in [-0.3, -0.25) is 0 Å². The van der Waals surface area contributed by atoms with Gasteiger partial charge >= 0.3 is 0 Å². The third-order valence-corrected chi connectivity index (χ3v) is 5.47. The molecule has 3 aromatic rings. The molecule has 0 radical (unpaired) electrons. The number of hydrogen-bond donors (Lipinski definition) is 2. The Morgan fingerprint density at radius 3 is 2.42 bits per heavy atom. The van der Waals surface area contributed by atoms with Gasteiger partial charge in [0.2, 0.25) is 0 Å². The highest BCUT2D eigenvalue weighted by molar-refractivity contribution is 9.10. The molecule has 1 atom stereocenters. The highest BCUT2D eigenvalue weighted by Gasteiger charge is 2.39. The maximum Gasteiger partial charge on any atom is 0.194 e. The van der Waals surface area contributed by atoms with E-state index in [4.69, 9.17) is 0 Å². The van der Waals surface area contributed by atoms with Crippen LogP contribution >= 0.6 is 31.9 Å². The second-order valence-corrected chi connectivity index (χ2v) is 7.87. The van der Waals surface area contributed by atoms with E-state index in [1.54, 1.807) is 6.08 Å². The highest BCUT2D eigenvalue weighted by Crippen LogP contribution is 2.43. The number of hydrogen-bond acceptors (Lipinski definition) is 2. The molecule has 0 aromatic heterocycles. The summed E-state index contributed by atoms with van der Waals surface area (Å²) in [4.78, 5) is 0. The Balaban J connectivity index is 2.00. The fraction of sp³-hybridized carbons (Fsp3) is 0.100. The molecule has 0 saturated heterocycles. The molecule has 0 bridgehead atoms. The summed E-state index contributed by atoms with van der Waals surface area (Å²) in [6.07, 6.45) is 3.22. The van der Waals surface area contributed by atoms with E-state index in [-0.39, 0.29) is 0 Å². The van der Waals surface area contributed by atoms with Crippen LogP contribution in [0.15, 0.2) is 69.6 Å². The molecule has 0 heterocycles. The van der Waals surface area contributed by atoms with Crippen LogP contribution < -0.4 is 0 Å². The van der Waals surface area contributed by atoms with Crippen molar-refractivity contribution in [2.45, 2.75) is 11.7 Å². The number of aliphatic hydroxyl groups is 2. The minimum atomic E-state index is -1.93. The van der Waals surface area contributed by atoms with Gasteiger partial charge in [-0.15, -0.1) is 0 Å². The first kappa shape index (κ1) is 16.0. The third kappa shape index (κ3) is 2.64. The molecule has 0 aliphatic heterocycles. The van der Waals surface area contributed by atoms with Gasteiger partial charge in [0.05, 0.1) is 5.92 Å². The van der Waals surface area contributed by atoms with Crippen LogP contribution in [-0.4, -0.2) is 16.0 Å². The summed E-state index contributed by atoms with van der Waals surface area (Å²) in [5.41, 5.74) is 2.79. The molecular formula is C20H14Br2O2. The maximum atomic E-state index is 10.7. The van der Waals surface area contributed by atoms with Gasteiger partial charge in [0, 0.05) is 8.95 Å². The van der Waals surface area contributed by atoms with Crippen LogP contribution in [0.2, 0.25) is 0 Å². The van der Waals surface area contributed by atoms with Crippen molar-refractivity contribution in [3.8, 4) is 0 Å². The molecule has 1 aliphatic rings. The molecule has 0 fully saturated rings. The Morgan fingerprint density at radius 1 is 0.833 bits per heavy atom. The SMILES string of the molecule is OC1(O)C=Cc2cc(Br)ccc2C1c1cccc2cc(Br)ccc12. The smallest absolute Gasteiger partial charge is 0.194 e. The van der Waals surface area contributed by atoms with Crippen LogP contribution in [0.1, 0.15) is 22.6 Å². The van der Waals surface area contributed by atoms with Crippen LogP contribution in [0.3, 0.4) is 0 Å². The molecule has 2 N–H and O–H groups in total. The first-order chi connectivity index (χ1) is 11.5. The molecule has 1 aliphatic carbocycles. The summed E-state index contributed by atoms with van der Waals surface area (Å²) in [7, 11) is 0. The fourth-order valence-corrected chi connectivity index (χ4v) is 4.18. The third-order valence-electron chi connectivity index (χ3n) is 4.48. The predicted molar refractivity (Wildman–Crippen MR) is 104 cm³/mol. The Hall–Kier alpha value is -1.46. The average molecular weight is 446 g/mol. The number of fused-ring (bicyclic) bond motifs is 2. The van der Waals surface area contributed by atoms with E-state index in [1.807, 2.05) is 54.6 Å². The van der Waals surface area contributed by atoms with Crippen molar-refractivity contribution >= 4 is 48.7 Å². The van der Waals surface area contributed by atoms with Crippen LogP contribution in [0.4, 0.5) is 0 Å². The molecule has 4 heteroatoms. The minimum Gasteiger partial charge on any atom is -0.362 e. The lowest BCUT2D eigenvalue weighted by Gasteiger charge is -2.34. The Kier molecular flexibility index (Phi) is 3.88. The summed E-state index contributed by atoms with van der Waals surface area (Å²) in [5, 5.41) is 23.4. The summed E-state index contributed by atoms with van der Waals surface area (Å²) >= 11 is 6.97. The Morgan fingerprint density at radius 2 is 1.58 bits per heavy atom. The topological polar surface area (TPSA) is 40.5 Å². The molecule has 1 unspecified atom stereocenters. The van der Waals surface area contributed by atoms with E-state index in [0.717, 1.165) is 36.4 Å². The van der Waals surface area contributed by atoms with Crippen molar-refractivity contribution < 1.29 is 10.2 Å². The molecule has 2 nitrogen and oxygen atoms in total. The largest absolute Gasteiger partial charge is 0.362 e. The number of benzene rings is 3. The second-order valence-electron chi connectivity index (χ2n) is 6.04. The lowest BCUT2D eigenvalue weighted by Crippen LogP contribution is -2.36. The number of rotatable bonds is 1. The zero-order chi connectivity index (χ0) is 16.9. The van der Waals surface area contributed by atoms with E-state index in [0.29, 0.717) is 0 Å². The normalized spacial score (nSPS) is 18.6. The summed E-state index contributed by atoms with van der Waals surface area (Å²) in [6, 6.07) is 17.9. The number of halogens is 2. The predicted octanol–water partition coefficient (Wildman–Crippen LogP) is 5.20. The van der Waals surface area contributed by atoms with Gasteiger partial charge in [-0.25, -0.2) is 0 Å². The van der Waals surface area contributed by atoms with Crippen LogP contribution in [0.25, 0.3) is 16.8 Å². The van der Waals surface area contributed by atoms with Gasteiger partial charge in [0.25, 0.3) is 0 Å². The second kappa shape index (κ2) is 5.81. The first-order valence-corrected chi connectivity index (χ1v) is 9.16. The first-order valence-electron chi connectivity index (χ1n) is 7.57. The van der Waals surface area contributed by atoms with E-state index < -0.39 is 11.7 Å². The van der Waals surface area contributed by atoms with E-state index in [1.165, 1.54) is 6.08 Å². The van der Waals surface area contributed by atoms with Crippen molar-refractivity contribution in [3.05, 3.63) is 86.3 Å². The summed E-state index contributed by atoms with van der Waals surface area (Å²) in [6.45, 7) is 0. The molecule has 4 rings (SSSR count). The highest BCUT2D eigenvalue weighted by atomic mass is 79.9. The monoisotopic (exact) mass is 444 g/mol. The zero-order valence-corrected chi connectivity index (χ0v) is 15.8. The molecule has 0 amide bonds.